The number of carbonyl (C=O) groups is 1. The quantitative estimate of drug-likeness (QED) is 0.464. The Hall–Kier alpha value is -3.28. The van der Waals surface area contributed by atoms with E-state index in [1.54, 1.807) is 48.5 Å². The molecular weight excluding hydrogens is 342 g/mol. The number of nitrogens with zero attached hydrogens (tertiary/aromatic N) is 2. The lowest BCUT2D eigenvalue weighted by Crippen LogP contribution is -2.43. The first-order valence-electron chi connectivity index (χ1n) is 8.85. The fraction of sp³-hybridized carbons (Fsp3) is 0.238. The van der Waals surface area contributed by atoms with Gasteiger partial charge in [-0.05, 0) is 18.6 Å². The van der Waals surface area contributed by atoms with Crippen molar-refractivity contribution in [3.63, 3.8) is 0 Å². The van der Waals surface area contributed by atoms with Gasteiger partial charge in [0.2, 0.25) is 5.70 Å². The molecule has 138 valence electrons. The molecule has 0 saturated carbocycles. The molecule has 27 heavy (non-hydrogen) atoms. The van der Waals surface area contributed by atoms with Crippen LogP contribution in [-0.2, 0) is 0 Å². The summed E-state index contributed by atoms with van der Waals surface area (Å²) in [5.74, 6) is -1.35. The molecule has 0 spiro atoms. The SMILES string of the molecule is C=C(C(c1ccccc1)C(C(=O)c1ccccc1)C1=NCCCN1)[N+](=O)[O-]. The third kappa shape index (κ3) is 4.11. The van der Waals surface area contributed by atoms with Crippen molar-refractivity contribution in [2.45, 2.75) is 12.3 Å². The minimum atomic E-state index is -0.826. The zero-order valence-corrected chi connectivity index (χ0v) is 14.9. The topological polar surface area (TPSA) is 84.6 Å². The summed E-state index contributed by atoms with van der Waals surface area (Å²) in [6.45, 7) is 4.96. The van der Waals surface area contributed by atoms with Gasteiger partial charge in [-0.2, -0.15) is 0 Å². The number of aliphatic imine (C=N–C) groups is 1. The van der Waals surface area contributed by atoms with E-state index < -0.39 is 16.8 Å². The maximum absolute atomic E-state index is 13.4. The van der Waals surface area contributed by atoms with Gasteiger partial charge in [0, 0.05) is 18.7 Å². The van der Waals surface area contributed by atoms with Crippen LogP contribution in [0.3, 0.4) is 0 Å². The van der Waals surface area contributed by atoms with Crippen molar-refractivity contribution in [1.29, 1.82) is 0 Å². The van der Waals surface area contributed by atoms with Crippen LogP contribution in [0.25, 0.3) is 0 Å². The van der Waals surface area contributed by atoms with Crippen molar-refractivity contribution in [1.82, 2.24) is 5.32 Å². The highest BCUT2D eigenvalue weighted by Gasteiger charge is 2.41. The standard InChI is InChI=1S/C21H21N3O3/c1-15(24(26)27)18(16-9-4-2-5-10-16)19(21-22-13-8-14-23-21)20(25)17-11-6-3-7-12-17/h2-7,9-12,18-19H,1,8,13-14H2,(H,22,23). The highest BCUT2D eigenvalue weighted by atomic mass is 16.6. The molecule has 0 amide bonds. The van der Waals surface area contributed by atoms with Crippen LogP contribution in [0.1, 0.15) is 28.3 Å². The van der Waals surface area contributed by atoms with E-state index in [0.717, 1.165) is 6.42 Å². The summed E-state index contributed by atoms with van der Waals surface area (Å²) >= 11 is 0. The number of benzene rings is 2. The molecule has 0 aliphatic carbocycles. The van der Waals surface area contributed by atoms with Crippen LogP contribution >= 0.6 is 0 Å². The predicted molar refractivity (Wildman–Crippen MR) is 105 cm³/mol. The summed E-state index contributed by atoms with van der Waals surface area (Å²) < 4.78 is 0. The Morgan fingerprint density at radius 1 is 1.07 bits per heavy atom. The Bertz CT molecular complexity index is 863. The monoisotopic (exact) mass is 363 g/mol. The van der Waals surface area contributed by atoms with E-state index in [1.807, 2.05) is 12.1 Å². The molecule has 0 saturated heterocycles. The summed E-state index contributed by atoms with van der Waals surface area (Å²) in [5.41, 5.74) is 0.948. The Kier molecular flexibility index (Phi) is 5.76. The number of ketones is 1. The van der Waals surface area contributed by atoms with E-state index in [0.29, 0.717) is 30.1 Å². The summed E-state index contributed by atoms with van der Waals surface area (Å²) in [5, 5.41) is 14.8. The van der Waals surface area contributed by atoms with Gasteiger partial charge in [-0.1, -0.05) is 60.7 Å². The fourth-order valence-electron chi connectivity index (χ4n) is 3.33. The number of carbonyl (C=O) groups excluding carboxylic acids is 1. The Labute approximate surface area is 157 Å². The second-order valence-electron chi connectivity index (χ2n) is 6.39. The van der Waals surface area contributed by atoms with E-state index in [1.165, 1.54) is 0 Å². The molecule has 6 nitrogen and oxygen atoms in total. The Morgan fingerprint density at radius 2 is 1.70 bits per heavy atom. The van der Waals surface area contributed by atoms with Crippen molar-refractivity contribution in [3.05, 3.63) is 94.2 Å². The average Bonchev–Trinajstić information content (AvgIpc) is 2.73. The maximum atomic E-state index is 13.4. The molecule has 1 N–H and O–H groups in total. The van der Waals surface area contributed by atoms with Gasteiger partial charge >= 0.3 is 0 Å². The first kappa shape index (κ1) is 18.5. The number of nitrogens with one attached hydrogen (secondary N) is 1. The van der Waals surface area contributed by atoms with Gasteiger partial charge in [-0.15, -0.1) is 0 Å². The lowest BCUT2D eigenvalue weighted by atomic mass is 9.78. The number of hydrogen-bond donors (Lipinski definition) is 1. The second-order valence-corrected chi connectivity index (χ2v) is 6.39. The third-order valence-corrected chi connectivity index (χ3v) is 4.64. The zero-order chi connectivity index (χ0) is 19.2. The first-order chi connectivity index (χ1) is 13.1. The molecule has 2 unspecified atom stereocenters. The summed E-state index contributed by atoms with van der Waals surface area (Å²) in [4.78, 5) is 29.0. The smallest absolute Gasteiger partial charge is 0.247 e. The molecule has 1 heterocycles. The maximum Gasteiger partial charge on any atom is 0.247 e. The molecule has 1 aliphatic rings. The highest BCUT2D eigenvalue weighted by Crippen LogP contribution is 2.35. The summed E-state index contributed by atoms with van der Waals surface area (Å²) in [7, 11) is 0. The first-order valence-corrected chi connectivity index (χ1v) is 8.85. The number of allylic oxidation sites excluding steroid dienone is 1. The molecule has 1 aliphatic heterocycles. The number of nitro groups is 1. The molecule has 0 fully saturated rings. The van der Waals surface area contributed by atoms with Crippen LogP contribution in [0.5, 0.6) is 0 Å². The van der Waals surface area contributed by atoms with Crippen LogP contribution in [-0.4, -0.2) is 29.6 Å². The van der Waals surface area contributed by atoms with Crippen LogP contribution in [0.4, 0.5) is 0 Å². The van der Waals surface area contributed by atoms with E-state index in [2.05, 4.69) is 16.9 Å². The van der Waals surface area contributed by atoms with Crippen LogP contribution in [0.2, 0.25) is 0 Å². The van der Waals surface area contributed by atoms with Gasteiger partial charge in [-0.3, -0.25) is 19.9 Å². The molecule has 0 aromatic heterocycles. The van der Waals surface area contributed by atoms with Crippen LogP contribution in [0.15, 0.2) is 77.9 Å². The third-order valence-electron chi connectivity index (χ3n) is 4.64. The number of amidine groups is 1. The lowest BCUT2D eigenvalue weighted by molar-refractivity contribution is -0.430. The zero-order valence-electron chi connectivity index (χ0n) is 14.9. The van der Waals surface area contributed by atoms with E-state index in [9.17, 15) is 14.9 Å². The molecule has 3 rings (SSSR count). The van der Waals surface area contributed by atoms with E-state index >= 15 is 0 Å². The Morgan fingerprint density at radius 3 is 2.26 bits per heavy atom. The van der Waals surface area contributed by atoms with Crippen molar-refractivity contribution < 1.29 is 9.72 Å². The van der Waals surface area contributed by atoms with Gasteiger partial charge in [0.1, 0.15) is 5.84 Å². The normalized spacial score (nSPS) is 15.8. The van der Waals surface area contributed by atoms with Crippen molar-refractivity contribution in [2.75, 3.05) is 13.1 Å². The minimum Gasteiger partial charge on any atom is -0.373 e. The van der Waals surface area contributed by atoms with Crippen LogP contribution in [0, 0.1) is 16.0 Å². The molecule has 2 atom stereocenters. The number of rotatable bonds is 7. The predicted octanol–water partition coefficient (Wildman–Crippen LogP) is 3.45. The van der Waals surface area contributed by atoms with Gasteiger partial charge in [0.15, 0.2) is 5.78 Å². The van der Waals surface area contributed by atoms with Gasteiger partial charge < -0.3 is 5.32 Å². The molecule has 6 heteroatoms. The van der Waals surface area contributed by atoms with E-state index in [-0.39, 0.29) is 11.5 Å². The number of hydrogen-bond acceptors (Lipinski definition) is 5. The lowest BCUT2D eigenvalue weighted by Gasteiger charge is -2.28. The summed E-state index contributed by atoms with van der Waals surface area (Å²) in [6, 6.07) is 17.8. The van der Waals surface area contributed by atoms with Crippen molar-refractivity contribution in [2.24, 2.45) is 10.9 Å². The highest BCUT2D eigenvalue weighted by molar-refractivity contribution is 6.12. The van der Waals surface area contributed by atoms with Gasteiger partial charge in [-0.25, -0.2) is 0 Å². The summed E-state index contributed by atoms with van der Waals surface area (Å²) in [6.07, 6.45) is 0.863. The fourth-order valence-corrected chi connectivity index (χ4v) is 3.33. The van der Waals surface area contributed by atoms with Gasteiger partial charge in [0.05, 0.1) is 16.8 Å². The molecule has 2 aromatic carbocycles. The Balaban J connectivity index is 2.13. The van der Waals surface area contributed by atoms with Crippen molar-refractivity contribution >= 4 is 11.6 Å². The molecular formula is C21H21N3O3. The molecule has 2 aromatic rings. The second kappa shape index (κ2) is 8.40. The number of Topliss-reactive ketones (excluding diaryl/α,β-unsaturated/α-hetero) is 1. The minimum absolute atomic E-state index is 0.208. The molecule has 0 bridgehead atoms. The van der Waals surface area contributed by atoms with Crippen LogP contribution < -0.4 is 5.32 Å². The van der Waals surface area contributed by atoms with E-state index in [4.69, 9.17) is 0 Å². The van der Waals surface area contributed by atoms with Crippen molar-refractivity contribution in [3.8, 4) is 0 Å². The van der Waals surface area contributed by atoms with Gasteiger partial charge in [0.25, 0.3) is 0 Å². The largest absolute Gasteiger partial charge is 0.373 e. The average molecular weight is 363 g/mol. The molecule has 0 radical (unpaired) electrons.